The van der Waals surface area contributed by atoms with E-state index in [9.17, 15) is 4.79 Å². The maximum Gasteiger partial charge on any atom is 0.255 e. The summed E-state index contributed by atoms with van der Waals surface area (Å²) in [5.41, 5.74) is 1.09. The maximum atomic E-state index is 12.2. The molecule has 0 atom stereocenters. The number of pyridine rings is 1. The van der Waals surface area contributed by atoms with Crippen LogP contribution in [-0.2, 0) is 0 Å². The number of carbonyl (C=O) groups excluding carboxylic acids is 1. The fraction of sp³-hybridized carbons (Fsp3) is 0.200. The van der Waals surface area contributed by atoms with Gasteiger partial charge in [-0.25, -0.2) is 4.98 Å². The van der Waals surface area contributed by atoms with Crippen molar-refractivity contribution in [3.63, 3.8) is 0 Å². The number of hydrogen-bond acceptors (Lipinski definition) is 3. The summed E-state index contributed by atoms with van der Waals surface area (Å²) >= 11 is 9.08. The lowest BCUT2D eigenvalue weighted by molar-refractivity contribution is 0.102. The molecule has 0 saturated carbocycles. The molecule has 6 heteroatoms. The quantitative estimate of drug-likeness (QED) is 0.787. The van der Waals surface area contributed by atoms with E-state index in [0.29, 0.717) is 33.2 Å². The summed E-state index contributed by atoms with van der Waals surface area (Å²) in [5.74, 6) is 0.452. The van der Waals surface area contributed by atoms with Gasteiger partial charge >= 0.3 is 0 Å². The molecule has 0 saturated heterocycles. The number of carbonyl (C=O) groups is 1. The number of anilines is 1. The van der Waals surface area contributed by atoms with E-state index in [4.69, 9.17) is 16.3 Å². The van der Waals surface area contributed by atoms with Gasteiger partial charge in [0.15, 0.2) is 0 Å². The third-order valence-electron chi connectivity index (χ3n) is 2.62. The Morgan fingerprint density at radius 1 is 1.43 bits per heavy atom. The van der Waals surface area contributed by atoms with Crippen molar-refractivity contribution in [2.45, 2.75) is 13.3 Å². The summed E-state index contributed by atoms with van der Waals surface area (Å²) in [6, 6.07) is 8.75. The number of aromatic nitrogens is 1. The van der Waals surface area contributed by atoms with Gasteiger partial charge in [0, 0.05) is 5.56 Å². The van der Waals surface area contributed by atoms with Crippen LogP contribution >= 0.6 is 27.5 Å². The molecule has 0 aliphatic carbocycles. The summed E-state index contributed by atoms with van der Waals surface area (Å²) < 4.78 is 6.14. The van der Waals surface area contributed by atoms with E-state index in [1.54, 1.807) is 24.3 Å². The first-order valence-electron chi connectivity index (χ1n) is 6.45. The van der Waals surface area contributed by atoms with Crippen molar-refractivity contribution in [2.75, 3.05) is 11.9 Å². The van der Waals surface area contributed by atoms with Crippen molar-refractivity contribution in [3.8, 4) is 5.75 Å². The second-order valence-electron chi connectivity index (χ2n) is 4.33. The highest BCUT2D eigenvalue weighted by Crippen LogP contribution is 2.23. The Labute approximate surface area is 136 Å². The predicted molar refractivity (Wildman–Crippen MR) is 87.1 cm³/mol. The van der Waals surface area contributed by atoms with Crippen LogP contribution in [0.1, 0.15) is 23.7 Å². The molecule has 0 unspecified atom stereocenters. The molecular formula is C15H14BrClN2O2. The number of amides is 1. The van der Waals surface area contributed by atoms with Crippen LogP contribution in [0, 0.1) is 0 Å². The minimum Gasteiger partial charge on any atom is -0.494 e. The summed E-state index contributed by atoms with van der Waals surface area (Å²) in [5, 5.41) is 3.11. The lowest BCUT2D eigenvalue weighted by Gasteiger charge is -2.08. The Balaban J connectivity index is 2.10. The van der Waals surface area contributed by atoms with E-state index in [1.165, 1.54) is 6.20 Å². The molecular weight excluding hydrogens is 356 g/mol. The highest BCUT2D eigenvalue weighted by Gasteiger charge is 2.09. The Hall–Kier alpha value is -1.59. The molecule has 21 heavy (non-hydrogen) atoms. The highest BCUT2D eigenvalue weighted by molar-refractivity contribution is 9.10. The van der Waals surface area contributed by atoms with Crippen molar-refractivity contribution in [3.05, 3.63) is 51.7 Å². The van der Waals surface area contributed by atoms with Crippen LogP contribution in [0.3, 0.4) is 0 Å². The first-order valence-corrected chi connectivity index (χ1v) is 7.62. The van der Waals surface area contributed by atoms with Crippen molar-refractivity contribution < 1.29 is 9.53 Å². The number of nitrogens with one attached hydrogen (secondary N) is 1. The van der Waals surface area contributed by atoms with Crippen LogP contribution in [-0.4, -0.2) is 17.5 Å². The molecule has 1 aromatic heterocycles. The standard InChI is InChI=1S/C15H14BrClN2O2/c1-2-6-21-12-5-3-4-10(7-12)15(20)19-11-8-13(16)14(17)18-9-11/h3-5,7-9H,2,6H2,1H3,(H,19,20). The molecule has 0 radical (unpaired) electrons. The largest absolute Gasteiger partial charge is 0.494 e. The Bertz CT molecular complexity index is 649. The van der Waals surface area contributed by atoms with E-state index in [-0.39, 0.29) is 5.91 Å². The first kappa shape index (κ1) is 15.8. The molecule has 0 aliphatic rings. The number of nitrogens with zero attached hydrogens (tertiary/aromatic N) is 1. The Kier molecular flexibility index (Phi) is 5.59. The SMILES string of the molecule is CCCOc1cccc(C(=O)Nc2cnc(Cl)c(Br)c2)c1. The van der Waals surface area contributed by atoms with E-state index < -0.39 is 0 Å². The van der Waals surface area contributed by atoms with Gasteiger partial charge in [-0.2, -0.15) is 0 Å². The van der Waals surface area contributed by atoms with Gasteiger partial charge in [0.1, 0.15) is 10.9 Å². The van der Waals surface area contributed by atoms with Crippen LogP contribution in [0.15, 0.2) is 41.0 Å². The van der Waals surface area contributed by atoms with Gasteiger partial charge in [0.05, 0.1) is 23.0 Å². The van der Waals surface area contributed by atoms with Crippen LogP contribution in [0.2, 0.25) is 5.15 Å². The number of rotatable bonds is 5. The smallest absolute Gasteiger partial charge is 0.255 e. The second kappa shape index (κ2) is 7.43. The zero-order valence-electron chi connectivity index (χ0n) is 11.4. The lowest BCUT2D eigenvalue weighted by Crippen LogP contribution is -2.12. The molecule has 1 aromatic carbocycles. The summed E-state index contributed by atoms with van der Waals surface area (Å²) in [6.45, 7) is 2.65. The summed E-state index contributed by atoms with van der Waals surface area (Å²) in [7, 11) is 0. The van der Waals surface area contributed by atoms with E-state index >= 15 is 0 Å². The number of halogens is 2. The molecule has 1 amide bonds. The molecule has 0 bridgehead atoms. The van der Waals surface area contributed by atoms with E-state index in [1.807, 2.05) is 13.0 Å². The van der Waals surface area contributed by atoms with Crippen molar-refractivity contribution >= 4 is 39.1 Å². The zero-order chi connectivity index (χ0) is 15.2. The third-order valence-corrected chi connectivity index (χ3v) is 3.76. The fourth-order valence-electron chi connectivity index (χ4n) is 1.64. The molecule has 110 valence electrons. The van der Waals surface area contributed by atoms with Crippen molar-refractivity contribution in [1.82, 2.24) is 4.98 Å². The topological polar surface area (TPSA) is 51.2 Å². The summed E-state index contributed by atoms with van der Waals surface area (Å²) in [6.07, 6.45) is 2.42. The maximum absolute atomic E-state index is 12.2. The molecule has 1 N–H and O–H groups in total. The van der Waals surface area contributed by atoms with Crippen LogP contribution in [0.4, 0.5) is 5.69 Å². The minimum absolute atomic E-state index is 0.229. The van der Waals surface area contributed by atoms with Crippen LogP contribution in [0.5, 0.6) is 5.75 Å². The Morgan fingerprint density at radius 2 is 2.24 bits per heavy atom. The highest BCUT2D eigenvalue weighted by atomic mass is 79.9. The van der Waals surface area contributed by atoms with Gasteiger partial charge in [-0.3, -0.25) is 4.79 Å². The fourth-order valence-corrected chi connectivity index (χ4v) is 2.09. The van der Waals surface area contributed by atoms with Gasteiger partial charge in [-0.1, -0.05) is 24.6 Å². The van der Waals surface area contributed by atoms with Crippen molar-refractivity contribution in [2.24, 2.45) is 0 Å². The van der Waals surface area contributed by atoms with Gasteiger partial charge in [-0.15, -0.1) is 0 Å². The van der Waals surface area contributed by atoms with E-state index in [0.717, 1.165) is 6.42 Å². The van der Waals surface area contributed by atoms with Crippen molar-refractivity contribution in [1.29, 1.82) is 0 Å². The predicted octanol–water partition coefficient (Wildman–Crippen LogP) is 4.54. The Morgan fingerprint density at radius 3 is 2.95 bits per heavy atom. The monoisotopic (exact) mass is 368 g/mol. The third kappa shape index (κ3) is 4.44. The normalized spacial score (nSPS) is 10.2. The molecule has 2 rings (SSSR count). The van der Waals surface area contributed by atoms with Gasteiger partial charge in [0.25, 0.3) is 5.91 Å². The molecule has 0 spiro atoms. The lowest BCUT2D eigenvalue weighted by atomic mass is 10.2. The van der Waals surface area contributed by atoms with E-state index in [2.05, 4.69) is 26.2 Å². The summed E-state index contributed by atoms with van der Waals surface area (Å²) in [4.78, 5) is 16.2. The molecule has 2 aromatic rings. The molecule has 0 aliphatic heterocycles. The zero-order valence-corrected chi connectivity index (χ0v) is 13.7. The van der Waals surface area contributed by atoms with Crippen LogP contribution in [0.25, 0.3) is 0 Å². The number of benzene rings is 1. The van der Waals surface area contributed by atoms with Gasteiger partial charge < -0.3 is 10.1 Å². The molecule has 4 nitrogen and oxygen atoms in total. The number of ether oxygens (including phenoxy) is 1. The van der Waals surface area contributed by atoms with Crippen LogP contribution < -0.4 is 10.1 Å². The first-order chi connectivity index (χ1) is 10.1. The molecule has 0 fully saturated rings. The number of hydrogen-bond donors (Lipinski definition) is 1. The average molecular weight is 370 g/mol. The van der Waals surface area contributed by atoms with Gasteiger partial charge in [0.2, 0.25) is 0 Å². The second-order valence-corrected chi connectivity index (χ2v) is 5.54. The minimum atomic E-state index is -0.229. The van der Waals surface area contributed by atoms with Gasteiger partial charge in [-0.05, 0) is 46.6 Å². The average Bonchev–Trinajstić information content (AvgIpc) is 2.49. The molecule has 1 heterocycles.